The van der Waals surface area contributed by atoms with Crippen molar-refractivity contribution in [2.75, 3.05) is 13.6 Å². The van der Waals surface area contributed by atoms with E-state index in [-0.39, 0.29) is 18.5 Å². The molecule has 140 valence electrons. The molecular weight excluding hydrogens is 336 g/mol. The molecule has 1 unspecified atom stereocenters. The number of nitrogens with zero attached hydrogens (tertiary/aromatic N) is 1. The van der Waals surface area contributed by atoms with Crippen LogP contribution in [0, 0.1) is 6.92 Å². The van der Waals surface area contributed by atoms with E-state index < -0.39 is 0 Å². The largest absolute Gasteiger partial charge is 0.464 e. The van der Waals surface area contributed by atoms with Crippen molar-refractivity contribution in [1.82, 2.24) is 10.2 Å². The SMILES string of the molecule is Cc1ccc(CN(C)C(=O)CNC(Cc2ccccc2)c2ccccc2)o1. The molecule has 0 bridgehead atoms. The number of aryl methyl sites for hydroxylation is 1. The highest BCUT2D eigenvalue weighted by molar-refractivity contribution is 5.78. The van der Waals surface area contributed by atoms with Crippen LogP contribution in [-0.2, 0) is 17.8 Å². The van der Waals surface area contributed by atoms with E-state index in [1.54, 1.807) is 11.9 Å². The van der Waals surface area contributed by atoms with Gasteiger partial charge in [0.1, 0.15) is 11.5 Å². The van der Waals surface area contributed by atoms with Gasteiger partial charge >= 0.3 is 0 Å². The van der Waals surface area contributed by atoms with Crippen molar-refractivity contribution in [1.29, 1.82) is 0 Å². The maximum Gasteiger partial charge on any atom is 0.236 e. The number of furan rings is 1. The third-order valence-corrected chi connectivity index (χ3v) is 4.60. The minimum atomic E-state index is 0.0399. The van der Waals surface area contributed by atoms with Gasteiger partial charge in [0, 0.05) is 13.1 Å². The molecule has 0 fully saturated rings. The van der Waals surface area contributed by atoms with E-state index in [4.69, 9.17) is 4.42 Å². The molecule has 1 aromatic heterocycles. The van der Waals surface area contributed by atoms with E-state index in [9.17, 15) is 4.79 Å². The second-order valence-corrected chi connectivity index (χ2v) is 6.80. The van der Waals surface area contributed by atoms with Gasteiger partial charge in [-0.25, -0.2) is 0 Å². The van der Waals surface area contributed by atoms with Gasteiger partial charge in [-0.15, -0.1) is 0 Å². The molecule has 4 heteroatoms. The molecule has 1 atom stereocenters. The molecule has 1 N–H and O–H groups in total. The summed E-state index contributed by atoms with van der Waals surface area (Å²) in [6.45, 7) is 2.66. The van der Waals surface area contributed by atoms with Crippen LogP contribution < -0.4 is 5.32 Å². The summed E-state index contributed by atoms with van der Waals surface area (Å²) >= 11 is 0. The van der Waals surface area contributed by atoms with Gasteiger partial charge in [0.15, 0.2) is 0 Å². The summed E-state index contributed by atoms with van der Waals surface area (Å²) in [4.78, 5) is 14.3. The molecule has 0 saturated heterocycles. The van der Waals surface area contributed by atoms with Gasteiger partial charge in [0.2, 0.25) is 5.91 Å². The minimum Gasteiger partial charge on any atom is -0.464 e. The van der Waals surface area contributed by atoms with Crippen LogP contribution in [0.15, 0.2) is 77.2 Å². The fraction of sp³-hybridized carbons (Fsp3) is 0.261. The Morgan fingerprint density at radius 1 is 1.00 bits per heavy atom. The second kappa shape index (κ2) is 9.19. The fourth-order valence-corrected chi connectivity index (χ4v) is 3.08. The zero-order valence-electron chi connectivity index (χ0n) is 15.9. The molecule has 4 nitrogen and oxygen atoms in total. The lowest BCUT2D eigenvalue weighted by Gasteiger charge is -2.22. The summed E-state index contributed by atoms with van der Waals surface area (Å²) in [5.41, 5.74) is 2.42. The molecule has 27 heavy (non-hydrogen) atoms. The first-order valence-electron chi connectivity index (χ1n) is 9.23. The molecule has 2 aromatic carbocycles. The summed E-state index contributed by atoms with van der Waals surface area (Å²) in [6.07, 6.45) is 0.833. The molecule has 1 heterocycles. The van der Waals surface area contributed by atoms with Crippen LogP contribution in [0.25, 0.3) is 0 Å². The maximum atomic E-state index is 12.6. The number of hydrogen-bond donors (Lipinski definition) is 1. The normalized spacial score (nSPS) is 11.9. The lowest BCUT2D eigenvalue weighted by atomic mass is 9.99. The third-order valence-electron chi connectivity index (χ3n) is 4.60. The molecule has 3 rings (SSSR count). The highest BCUT2D eigenvalue weighted by Crippen LogP contribution is 2.18. The van der Waals surface area contributed by atoms with Crippen LogP contribution in [0.5, 0.6) is 0 Å². The Bertz CT molecular complexity index is 843. The Kier molecular flexibility index (Phi) is 6.44. The van der Waals surface area contributed by atoms with Crippen molar-refractivity contribution < 1.29 is 9.21 Å². The lowest BCUT2D eigenvalue weighted by Crippen LogP contribution is -2.37. The zero-order chi connectivity index (χ0) is 19.1. The predicted octanol–water partition coefficient (Wildman–Crippen LogP) is 4.12. The number of carbonyl (C=O) groups excluding carboxylic acids is 1. The standard InChI is InChI=1S/C23H26N2O2/c1-18-13-14-21(27-18)17-25(2)23(26)16-24-22(20-11-7-4-8-12-20)15-19-9-5-3-6-10-19/h3-14,22,24H,15-17H2,1-2H3. The van der Waals surface area contributed by atoms with Crippen molar-refractivity contribution in [3.05, 3.63) is 95.4 Å². The Morgan fingerprint density at radius 3 is 2.30 bits per heavy atom. The first-order chi connectivity index (χ1) is 13.1. The van der Waals surface area contributed by atoms with Crippen molar-refractivity contribution in [2.24, 2.45) is 0 Å². The fourth-order valence-electron chi connectivity index (χ4n) is 3.08. The first-order valence-corrected chi connectivity index (χ1v) is 9.23. The van der Waals surface area contributed by atoms with Gasteiger partial charge in [-0.1, -0.05) is 60.7 Å². The molecule has 0 radical (unpaired) electrons. The summed E-state index contributed by atoms with van der Waals surface area (Å²) in [6, 6.07) is 24.5. The highest BCUT2D eigenvalue weighted by Gasteiger charge is 2.16. The lowest BCUT2D eigenvalue weighted by molar-refractivity contribution is -0.129. The molecule has 0 aliphatic heterocycles. The van der Waals surface area contributed by atoms with E-state index in [0.717, 1.165) is 17.9 Å². The third kappa shape index (κ3) is 5.56. The van der Waals surface area contributed by atoms with Gasteiger partial charge in [-0.3, -0.25) is 4.79 Å². The van der Waals surface area contributed by atoms with Gasteiger partial charge in [0.05, 0.1) is 13.1 Å². The van der Waals surface area contributed by atoms with Gasteiger partial charge in [-0.05, 0) is 36.6 Å². The van der Waals surface area contributed by atoms with E-state index in [0.29, 0.717) is 6.54 Å². The van der Waals surface area contributed by atoms with E-state index in [1.165, 1.54) is 11.1 Å². The summed E-state index contributed by atoms with van der Waals surface area (Å²) in [5, 5.41) is 3.43. The number of amides is 1. The molecular formula is C23H26N2O2. The van der Waals surface area contributed by atoms with Crippen LogP contribution in [0.2, 0.25) is 0 Å². The number of benzene rings is 2. The summed E-state index contributed by atoms with van der Waals surface area (Å²) in [5.74, 6) is 1.70. The zero-order valence-corrected chi connectivity index (χ0v) is 15.9. The van der Waals surface area contributed by atoms with E-state index in [1.807, 2.05) is 55.5 Å². The van der Waals surface area contributed by atoms with Gasteiger partial charge < -0.3 is 14.6 Å². The van der Waals surface area contributed by atoms with Crippen molar-refractivity contribution in [3.63, 3.8) is 0 Å². The second-order valence-electron chi connectivity index (χ2n) is 6.80. The molecule has 0 spiro atoms. The highest BCUT2D eigenvalue weighted by atomic mass is 16.3. The Labute approximate surface area is 160 Å². The number of nitrogens with one attached hydrogen (secondary N) is 1. The maximum absolute atomic E-state index is 12.6. The van der Waals surface area contributed by atoms with E-state index >= 15 is 0 Å². The Balaban J connectivity index is 1.62. The minimum absolute atomic E-state index is 0.0399. The predicted molar refractivity (Wildman–Crippen MR) is 107 cm³/mol. The van der Waals surface area contributed by atoms with Crippen molar-refractivity contribution >= 4 is 5.91 Å². The van der Waals surface area contributed by atoms with Crippen LogP contribution in [0.3, 0.4) is 0 Å². The molecule has 1 amide bonds. The van der Waals surface area contributed by atoms with Crippen molar-refractivity contribution in [3.8, 4) is 0 Å². The monoisotopic (exact) mass is 362 g/mol. The average molecular weight is 362 g/mol. The smallest absolute Gasteiger partial charge is 0.236 e. The topological polar surface area (TPSA) is 45.5 Å². The van der Waals surface area contributed by atoms with Gasteiger partial charge in [-0.2, -0.15) is 0 Å². The van der Waals surface area contributed by atoms with Crippen LogP contribution in [-0.4, -0.2) is 24.4 Å². The number of likely N-dealkylation sites (N-methyl/N-ethyl adjacent to an activating group) is 1. The Morgan fingerprint density at radius 2 is 1.67 bits per heavy atom. The first kappa shape index (κ1) is 18.9. The summed E-state index contributed by atoms with van der Waals surface area (Å²) < 4.78 is 5.56. The Hall–Kier alpha value is -2.85. The number of hydrogen-bond acceptors (Lipinski definition) is 3. The number of rotatable bonds is 8. The molecule has 0 saturated carbocycles. The number of carbonyl (C=O) groups is 1. The summed E-state index contributed by atoms with van der Waals surface area (Å²) in [7, 11) is 1.80. The molecule has 3 aromatic rings. The van der Waals surface area contributed by atoms with E-state index in [2.05, 4.69) is 29.6 Å². The van der Waals surface area contributed by atoms with Gasteiger partial charge in [0.25, 0.3) is 0 Å². The van der Waals surface area contributed by atoms with Crippen LogP contribution in [0.1, 0.15) is 28.7 Å². The average Bonchev–Trinajstić information content (AvgIpc) is 3.11. The van der Waals surface area contributed by atoms with Crippen molar-refractivity contribution in [2.45, 2.75) is 25.9 Å². The molecule has 0 aliphatic carbocycles. The van der Waals surface area contributed by atoms with Crippen LogP contribution >= 0.6 is 0 Å². The van der Waals surface area contributed by atoms with Crippen LogP contribution in [0.4, 0.5) is 0 Å². The molecule has 0 aliphatic rings. The quantitative estimate of drug-likeness (QED) is 0.656.